The molecule has 0 saturated heterocycles. The summed E-state index contributed by atoms with van der Waals surface area (Å²) in [5, 5.41) is 11.5. The zero-order chi connectivity index (χ0) is 19.2. The largest absolute Gasteiger partial charge is 0.399 e. The van der Waals surface area contributed by atoms with Crippen LogP contribution in [0.3, 0.4) is 0 Å². The summed E-state index contributed by atoms with van der Waals surface area (Å²) in [7, 11) is 6.67. The molecular formula is C21H43BO. The van der Waals surface area contributed by atoms with Crippen molar-refractivity contribution in [3.8, 4) is 0 Å². The molecule has 2 heteroatoms. The maximum atomic E-state index is 11.5. The molecule has 0 bridgehead atoms. The monoisotopic (exact) mass is 322 g/mol. The lowest BCUT2D eigenvalue weighted by Crippen LogP contribution is -2.64. The molecule has 0 saturated carbocycles. The van der Waals surface area contributed by atoms with E-state index in [-0.39, 0.29) is 16.2 Å². The van der Waals surface area contributed by atoms with Crippen LogP contribution in [0.2, 0.25) is 0 Å². The summed E-state index contributed by atoms with van der Waals surface area (Å²) in [6.45, 7) is 28.9. The Bertz CT molecular complexity index is 400. The quantitative estimate of drug-likeness (QED) is 0.579. The maximum Gasteiger partial charge on any atom is 0.114 e. The molecule has 0 aromatic rings. The molecule has 0 aromatic heterocycles. The molecule has 0 aliphatic carbocycles. The molecule has 2 radical (unpaired) electrons. The topological polar surface area (TPSA) is 20.2 Å². The summed E-state index contributed by atoms with van der Waals surface area (Å²) < 4.78 is 0. The van der Waals surface area contributed by atoms with E-state index in [9.17, 15) is 5.11 Å². The Hall–Kier alpha value is 0.0249. The zero-order valence-corrected chi connectivity index (χ0v) is 18.3. The second-order valence-corrected chi connectivity index (χ2v) is 10.7. The number of hydrogen-bond donors (Lipinski definition) is 1. The molecule has 0 rings (SSSR count). The third-order valence-corrected chi connectivity index (χ3v) is 8.68. The Labute approximate surface area is 148 Å². The molecule has 0 spiro atoms. The van der Waals surface area contributed by atoms with E-state index >= 15 is 0 Å². The van der Waals surface area contributed by atoms with Gasteiger partial charge in [-0.25, -0.2) is 0 Å². The van der Waals surface area contributed by atoms with Gasteiger partial charge in [-0.2, -0.15) is 0 Å². The van der Waals surface area contributed by atoms with Gasteiger partial charge in [0, 0.05) is 5.50 Å². The molecule has 2 unspecified atom stereocenters. The van der Waals surface area contributed by atoms with Crippen molar-refractivity contribution in [1.29, 1.82) is 0 Å². The molecule has 0 aliphatic heterocycles. The normalized spacial score (nSPS) is 19.1. The highest BCUT2D eigenvalue weighted by molar-refractivity contribution is 6.15. The highest BCUT2D eigenvalue weighted by Crippen LogP contribution is 2.60. The van der Waals surface area contributed by atoms with Gasteiger partial charge in [-0.3, -0.25) is 0 Å². The lowest BCUT2D eigenvalue weighted by atomic mass is 9.40. The fourth-order valence-electron chi connectivity index (χ4n) is 3.71. The van der Waals surface area contributed by atoms with E-state index in [0.29, 0.717) is 17.8 Å². The summed E-state index contributed by atoms with van der Waals surface area (Å²) >= 11 is 0. The first-order chi connectivity index (χ1) is 9.79. The second-order valence-electron chi connectivity index (χ2n) is 10.7. The predicted octanol–water partition coefficient (Wildman–Crippen LogP) is 5.90. The molecular weight excluding hydrogens is 279 g/mol. The first-order valence-electron chi connectivity index (χ1n) is 9.30. The number of hydrogen-bond acceptors (Lipinski definition) is 1. The Morgan fingerprint density at radius 1 is 0.652 bits per heavy atom. The summed E-state index contributed by atoms with van der Waals surface area (Å²) in [6.07, 6.45) is 0. The first-order valence-corrected chi connectivity index (χ1v) is 9.30. The van der Waals surface area contributed by atoms with Crippen molar-refractivity contribution in [2.75, 3.05) is 0 Å². The molecule has 1 nitrogen and oxygen atoms in total. The standard InChI is InChI=1S/C21H43BO/c1-14(2)17(6,7)16(5)19(10,11)20(12,13)21(22,23)18(8,9)15(3)4/h14-16,23H,1-13H3. The fraction of sp³-hybridized carbons (Fsp3) is 1.00. The van der Waals surface area contributed by atoms with Gasteiger partial charge >= 0.3 is 0 Å². The van der Waals surface area contributed by atoms with Gasteiger partial charge in [0.1, 0.15) is 7.85 Å². The minimum atomic E-state index is -1.26. The van der Waals surface area contributed by atoms with Crippen LogP contribution < -0.4 is 0 Å². The SMILES string of the molecule is [B]C(O)(C(C)(C)C(C)C)C(C)(C)C(C)(C)C(C)C(C)(C)C(C)C. The molecule has 0 amide bonds. The van der Waals surface area contributed by atoms with Crippen LogP contribution in [0.15, 0.2) is 0 Å². The van der Waals surface area contributed by atoms with Crippen LogP contribution in [0.5, 0.6) is 0 Å². The van der Waals surface area contributed by atoms with Crippen molar-refractivity contribution < 1.29 is 5.11 Å². The van der Waals surface area contributed by atoms with E-state index in [0.717, 1.165) is 0 Å². The average molecular weight is 322 g/mol. The first kappa shape index (κ1) is 23.0. The Morgan fingerprint density at radius 2 is 1.00 bits per heavy atom. The van der Waals surface area contributed by atoms with Gasteiger partial charge in [-0.1, -0.05) is 90.0 Å². The third-order valence-electron chi connectivity index (χ3n) is 8.68. The molecule has 0 fully saturated rings. The smallest absolute Gasteiger partial charge is 0.114 e. The van der Waals surface area contributed by atoms with Crippen LogP contribution >= 0.6 is 0 Å². The highest BCUT2D eigenvalue weighted by Gasteiger charge is 2.59. The lowest BCUT2D eigenvalue weighted by molar-refractivity contribution is -0.174. The summed E-state index contributed by atoms with van der Waals surface area (Å²) in [6, 6.07) is 0. The minimum Gasteiger partial charge on any atom is -0.399 e. The van der Waals surface area contributed by atoms with Crippen molar-refractivity contribution in [2.24, 2.45) is 39.4 Å². The summed E-state index contributed by atoms with van der Waals surface area (Å²) in [5.74, 6) is 1.26. The molecule has 0 heterocycles. The van der Waals surface area contributed by atoms with Crippen molar-refractivity contribution in [1.82, 2.24) is 0 Å². The number of rotatable bonds is 7. The molecule has 1 N–H and O–H groups in total. The molecule has 136 valence electrons. The lowest BCUT2D eigenvalue weighted by Gasteiger charge is -2.62. The van der Waals surface area contributed by atoms with Gasteiger partial charge in [0.15, 0.2) is 0 Å². The van der Waals surface area contributed by atoms with Gasteiger partial charge in [-0.15, -0.1) is 0 Å². The molecule has 0 aliphatic rings. The van der Waals surface area contributed by atoms with E-state index in [1.165, 1.54) is 0 Å². The van der Waals surface area contributed by atoms with E-state index < -0.39 is 10.9 Å². The minimum absolute atomic E-state index is 0.129. The van der Waals surface area contributed by atoms with Crippen molar-refractivity contribution >= 4 is 7.85 Å². The van der Waals surface area contributed by atoms with E-state index in [1.54, 1.807) is 0 Å². The Kier molecular flexibility index (Phi) is 6.40. The molecule has 2 atom stereocenters. The van der Waals surface area contributed by atoms with Gasteiger partial charge < -0.3 is 5.11 Å². The van der Waals surface area contributed by atoms with Crippen LogP contribution in [-0.4, -0.2) is 18.5 Å². The summed E-state index contributed by atoms with van der Waals surface area (Å²) in [5.41, 5.74) is -2.05. The summed E-state index contributed by atoms with van der Waals surface area (Å²) in [4.78, 5) is 0. The van der Waals surface area contributed by atoms with Gasteiger partial charge in [0.2, 0.25) is 0 Å². The van der Waals surface area contributed by atoms with Crippen LogP contribution in [0, 0.1) is 39.4 Å². The van der Waals surface area contributed by atoms with Crippen LogP contribution in [0.25, 0.3) is 0 Å². The molecule has 23 heavy (non-hydrogen) atoms. The fourth-order valence-corrected chi connectivity index (χ4v) is 3.71. The highest BCUT2D eigenvalue weighted by atomic mass is 16.3. The third kappa shape index (κ3) is 3.39. The van der Waals surface area contributed by atoms with E-state index in [2.05, 4.69) is 90.0 Å². The van der Waals surface area contributed by atoms with Gasteiger partial charge in [0.05, 0.1) is 0 Å². The van der Waals surface area contributed by atoms with E-state index in [4.69, 9.17) is 7.85 Å². The Morgan fingerprint density at radius 3 is 1.26 bits per heavy atom. The second kappa shape index (κ2) is 6.39. The van der Waals surface area contributed by atoms with Crippen molar-refractivity contribution in [3.05, 3.63) is 0 Å². The number of aliphatic hydroxyl groups is 1. The van der Waals surface area contributed by atoms with Crippen LogP contribution in [-0.2, 0) is 0 Å². The van der Waals surface area contributed by atoms with Crippen LogP contribution in [0.1, 0.15) is 90.0 Å². The zero-order valence-electron chi connectivity index (χ0n) is 18.3. The average Bonchev–Trinajstić information content (AvgIpc) is 2.36. The van der Waals surface area contributed by atoms with Gasteiger partial charge in [-0.05, 0) is 39.4 Å². The van der Waals surface area contributed by atoms with Gasteiger partial charge in [0.25, 0.3) is 0 Å². The van der Waals surface area contributed by atoms with Crippen LogP contribution in [0.4, 0.5) is 0 Å². The maximum absolute atomic E-state index is 11.5. The van der Waals surface area contributed by atoms with Crippen molar-refractivity contribution in [2.45, 2.75) is 95.5 Å². The van der Waals surface area contributed by atoms with E-state index in [1.807, 2.05) is 0 Å². The Balaban J connectivity index is 6.08. The molecule has 0 aromatic carbocycles. The van der Waals surface area contributed by atoms with Crippen molar-refractivity contribution in [3.63, 3.8) is 0 Å². The predicted molar refractivity (Wildman–Crippen MR) is 105 cm³/mol.